The second-order valence-electron chi connectivity index (χ2n) is 5.32. The fourth-order valence-electron chi connectivity index (χ4n) is 2.88. The van der Waals surface area contributed by atoms with Gasteiger partial charge < -0.3 is 5.11 Å². The third-order valence-electron chi connectivity index (χ3n) is 4.00. The van der Waals surface area contributed by atoms with Gasteiger partial charge >= 0.3 is 5.97 Å². The van der Waals surface area contributed by atoms with E-state index in [1.165, 1.54) is 11.1 Å². The highest BCUT2D eigenvalue weighted by Gasteiger charge is 2.37. The molecular formula is C14H17BrO2. The van der Waals surface area contributed by atoms with Crippen molar-refractivity contribution in [2.75, 3.05) is 0 Å². The Bertz CT molecular complexity index is 452. The number of carbonyl (C=O) groups is 1. The topological polar surface area (TPSA) is 37.3 Å². The summed E-state index contributed by atoms with van der Waals surface area (Å²) in [6, 6.07) is 6.23. The van der Waals surface area contributed by atoms with Crippen LogP contribution in [-0.2, 0) is 16.6 Å². The number of fused-ring (bicyclic) bond motifs is 1. The minimum atomic E-state index is -0.693. The van der Waals surface area contributed by atoms with Crippen LogP contribution in [0.15, 0.2) is 22.7 Å². The molecule has 0 saturated heterocycles. The first kappa shape index (κ1) is 12.6. The second kappa shape index (κ2) is 4.45. The van der Waals surface area contributed by atoms with Crippen LogP contribution in [-0.4, -0.2) is 11.1 Å². The van der Waals surface area contributed by atoms with Gasteiger partial charge in [0.2, 0.25) is 0 Å². The van der Waals surface area contributed by atoms with Gasteiger partial charge in [-0.25, -0.2) is 0 Å². The van der Waals surface area contributed by atoms with Gasteiger partial charge in [0.25, 0.3) is 0 Å². The largest absolute Gasteiger partial charge is 0.481 e. The summed E-state index contributed by atoms with van der Waals surface area (Å²) < 4.78 is 1.15. The van der Waals surface area contributed by atoms with Crippen LogP contribution in [0.1, 0.15) is 37.8 Å². The molecule has 0 amide bonds. The lowest BCUT2D eigenvalue weighted by molar-refractivity contribution is -0.138. The lowest BCUT2D eigenvalue weighted by Crippen LogP contribution is -2.35. The van der Waals surface area contributed by atoms with Crippen LogP contribution in [0.4, 0.5) is 0 Å². The summed E-state index contributed by atoms with van der Waals surface area (Å²) in [5.41, 5.74) is 2.58. The lowest BCUT2D eigenvalue weighted by Gasteiger charge is -2.40. The Hall–Kier alpha value is -0.830. The maximum Gasteiger partial charge on any atom is 0.303 e. The number of rotatable bonds is 2. The molecule has 0 fully saturated rings. The Balaban J connectivity index is 2.41. The van der Waals surface area contributed by atoms with Crippen LogP contribution >= 0.6 is 15.9 Å². The van der Waals surface area contributed by atoms with Crippen molar-refractivity contribution in [3.05, 3.63) is 33.8 Å². The number of halogens is 1. The van der Waals surface area contributed by atoms with Crippen molar-refractivity contribution in [1.82, 2.24) is 0 Å². The van der Waals surface area contributed by atoms with Crippen molar-refractivity contribution in [2.45, 2.75) is 38.5 Å². The van der Waals surface area contributed by atoms with Crippen molar-refractivity contribution in [1.29, 1.82) is 0 Å². The number of hydrogen-bond donors (Lipinski definition) is 1. The van der Waals surface area contributed by atoms with Crippen molar-refractivity contribution in [2.24, 2.45) is 5.92 Å². The maximum absolute atomic E-state index is 10.9. The molecule has 92 valence electrons. The van der Waals surface area contributed by atoms with Gasteiger partial charge in [0, 0.05) is 10.9 Å². The zero-order valence-corrected chi connectivity index (χ0v) is 11.8. The number of aliphatic carboxylic acids is 1. The molecule has 1 aromatic rings. The fraction of sp³-hybridized carbons (Fsp3) is 0.500. The van der Waals surface area contributed by atoms with Gasteiger partial charge in [-0.2, -0.15) is 0 Å². The summed E-state index contributed by atoms with van der Waals surface area (Å²) in [5, 5.41) is 8.99. The first-order valence-electron chi connectivity index (χ1n) is 5.92. The predicted molar refractivity (Wildman–Crippen MR) is 71.2 cm³/mol. The van der Waals surface area contributed by atoms with E-state index in [-0.39, 0.29) is 17.8 Å². The molecular weight excluding hydrogens is 280 g/mol. The normalized spacial score (nSPS) is 21.9. The molecule has 2 rings (SSSR count). The minimum absolute atomic E-state index is 0.0598. The van der Waals surface area contributed by atoms with Gasteiger partial charge in [0.15, 0.2) is 0 Å². The number of carboxylic acid groups (broad SMARTS) is 1. The lowest BCUT2D eigenvalue weighted by atomic mass is 9.64. The van der Waals surface area contributed by atoms with E-state index in [4.69, 9.17) is 5.11 Å². The summed E-state index contributed by atoms with van der Waals surface area (Å²) in [7, 11) is 0. The van der Waals surface area contributed by atoms with E-state index < -0.39 is 5.97 Å². The molecule has 0 saturated carbocycles. The molecule has 1 aromatic carbocycles. The van der Waals surface area contributed by atoms with Crippen molar-refractivity contribution in [3.63, 3.8) is 0 Å². The summed E-state index contributed by atoms with van der Waals surface area (Å²) in [4.78, 5) is 10.9. The average Bonchev–Trinajstić information content (AvgIpc) is 2.23. The van der Waals surface area contributed by atoms with Crippen molar-refractivity contribution in [3.8, 4) is 0 Å². The van der Waals surface area contributed by atoms with Gasteiger partial charge in [-0.15, -0.1) is 0 Å². The van der Waals surface area contributed by atoms with Gasteiger partial charge in [0.1, 0.15) is 0 Å². The van der Waals surface area contributed by atoms with Crippen LogP contribution in [0.25, 0.3) is 0 Å². The first-order chi connectivity index (χ1) is 7.93. The Morgan fingerprint density at radius 2 is 2.24 bits per heavy atom. The molecule has 0 radical (unpaired) electrons. The monoisotopic (exact) mass is 296 g/mol. The highest BCUT2D eigenvalue weighted by molar-refractivity contribution is 9.10. The summed E-state index contributed by atoms with van der Waals surface area (Å²) >= 11 is 3.59. The number of benzene rings is 1. The summed E-state index contributed by atoms with van der Waals surface area (Å²) in [6.07, 6.45) is 2.19. The average molecular weight is 297 g/mol. The van der Waals surface area contributed by atoms with Gasteiger partial charge in [-0.3, -0.25) is 4.79 Å². The molecule has 17 heavy (non-hydrogen) atoms. The summed E-state index contributed by atoms with van der Waals surface area (Å²) in [5.74, 6) is -0.469. The van der Waals surface area contributed by atoms with Gasteiger partial charge in [-0.1, -0.05) is 41.9 Å². The first-order valence-corrected chi connectivity index (χ1v) is 6.72. The molecule has 0 heterocycles. The third-order valence-corrected chi connectivity index (χ3v) is 4.74. The standard InChI is InChI=1S/C14H17BrO2/c1-14(2)9(8-13(16)17)6-7-10-11(14)4-3-5-12(10)15/h3-5,9H,6-8H2,1-2H3,(H,16,17). The molecule has 0 aromatic heterocycles. The van der Waals surface area contributed by atoms with Gasteiger partial charge in [0.05, 0.1) is 0 Å². The second-order valence-corrected chi connectivity index (χ2v) is 6.18. The quantitative estimate of drug-likeness (QED) is 0.902. The van der Waals surface area contributed by atoms with E-state index in [9.17, 15) is 4.79 Å². The van der Waals surface area contributed by atoms with E-state index in [1.54, 1.807) is 0 Å². The molecule has 1 aliphatic rings. The van der Waals surface area contributed by atoms with E-state index in [0.29, 0.717) is 0 Å². The van der Waals surface area contributed by atoms with E-state index in [0.717, 1.165) is 17.3 Å². The molecule has 2 nitrogen and oxygen atoms in total. The van der Waals surface area contributed by atoms with Crippen LogP contribution in [0.3, 0.4) is 0 Å². The molecule has 0 bridgehead atoms. The Labute approximate surface area is 110 Å². The van der Waals surface area contributed by atoms with E-state index >= 15 is 0 Å². The van der Waals surface area contributed by atoms with Crippen molar-refractivity contribution >= 4 is 21.9 Å². The molecule has 1 aliphatic carbocycles. The number of carboxylic acids is 1. The third kappa shape index (κ3) is 2.25. The Morgan fingerprint density at radius 3 is 2.88 bits per heavy atom. The Morgan fingerprint density at radius 1 is 1.53 bits per heavy atom. The molecule has 1 atom stereocenters. The van der Waals surface area contributed by atoms with Crippen LogP contribution in [0.5, 0.6) is 0 Å². The highest BCUT2D eigenvalue weighted by Crippen LogP contribution is 2.44. The van der Waals surface area contributed by atoms with Crippen LogP contribution in [0, 0.1) is 5.92 Å². The molecule has 0 spiro atoms. The predicted octanol–water partition coefficient (Wildman–Crippen LogP) is 3.76. The summed E-state index contributed by atoms with van der Waals surface area (Å²) in [6.45, 7) is 4.32. The molecule has 1 N–H and O–H groups in total. The van der Waals surface area contributed by atoms with E-state index in [1.807, 2.05) is 6.07 Å². The fourth-order valence-corrected chi connectivity index (χ4v) is 3.45. The van der Waals surface area contributed by atoms with Gasteiger partial charge in [-0.05, 0) is 41.4 Å². The Kier molecular flexibility index (Phi) is 3.30. The zero-order valence-electron chi connectivity index (χ0n) is 10.2. The van der Waals surface area contributed by atoms with Crippen LogP contribution < -0.4 is 0 Å². The maximum atomic E-state index is 10.9. The highest BCUT2D eigenvalue weighted by atomic mass is 79.9. The van der Waals surface area contributed by atoms with E-state index in [2.05, 4.69) is 41.9 Å². The minimum Gasteiger partial charge on any atom is -0.481 e. The smallest absolute Gasteiger partial charge is 0.303 e. The molecule has 1 unspecified atom stereocenters. The SMILES string of the molecule is CC1(C)c2cccc(Br)c2CCC1CC(=O)O. The molecule has 0 aliphatic heterocycles. The van der Waals surface area contributed by atoms with Crippen molar-refractivity contribution < 1.29 is 9.90 Å². The zero-order chi connectivity index (χ0) is 12.6. The van der Waals surface area contributed by atoms with Crippen LogP contribution in [0.2, 0.25) is 0 Å². The molecule has 3 heteroatoms. The number of hydrogen-bond acceptors (Lipinski definition) is 1.